The van der Waals surface area contributed by atoms with E-state index < -0.39 is 11.2 Å². The highest BCUT2D eigenvalue weighted by Crippen LogP contribution is 2.37. The first-order valence-electron chi connectivity index (χ1n) is 25.9. The summed E-state index contributed by atoms with van der Waals surface area (Å²) in [5.74, 6) is 1.02. The van der Waals surface area contributed by atoms with Gasteiger partial charge in [-0.25, -0.2) is 23.9 Å². The number of rotatable bonds is 6. The van der Waals surface area contributed by atoms with Gasteiger partial charge in [-0.3, -0.25) is 9.59 Å². The highest BCUT2D eigenvalue weighted by molar-refractivity contribution is 6.62. The molecule has 7 heterocycles. The lowest BCUT2D eigenvalue weighted by Crippen LogP contribution is -2.41. The standard InChI is InChI=1S/C25H30N6O3.C20H30BNO4.C11H12ClN5O/c1-15-11-16(2)31(29-15)23-27-21(13-22(28-23)26-17(3)32)19-8-7-18-9-10-30(14-20(18)12-19)24(33)34-25(4,5)6;1-18(2,3)24-17(23)22-11-10-14-8-9-16(12-15(14)13-22)21-25-19(4,5)20(6,7)26-21;1-6-4-7(2)17(16-6)11-14-9(12)5-10(15-11)13-8(3)18/h7-8,11-13H,9-10,14H2,1-6H3,(H,26,27,28,32);8-9,12H,10-11,13H2,1-7H3;4-5H,1-3H3,(H,13,14,15,18). The molecule has 4 amide bonds. The van der Waals surface area contributed by atoms with Crippen molar-refractivity contribution in [3.8, 4) is 23.2 Å². The third kappa shape index (κ3) is 14.9. The van der Waals surface area contributed by atoms with E-state index in [0.29, 0.717) is 55.4 Å². The number of amides is 4. The third-order valence-electron chi connectivity index (χ3n) is 13.0. The van der Waals surface area contributed by atoms with Crippen LogP contribution in [0.5, 0.6) is 0 Å². The lowest BCUT2D eigenvalue weighted by molar-refractivity contribution is -0.115. The highest BCUT2D eigenvalue weighted by atomic mass is 35.5. The predicted octanol–water partition coefficient (Wildman–Crippen LogP) is 9.37. The zero-order chi connectivity index (χ0) is 57.2. The predicted molar refractivity (Wildman–Crippen MR) is 299 cm³/mol. The fourth-order valence-electron chi connectivity index (χ4n) is 8.71. The van der Waals surface area contributed by atoms with Crippen molar-refractivity contribution >= 4 is 59.8 Å². The Morgan fingerprint density at radius 2 is 1.05 bits per heavy atom. The van der Waals surface area contributed by atoms with Gasteiger partial charge in [0.25, 0.3) is 11.9 Å². The van der Waals surface area contributed by atoms with E-state index in [1.54, 1.807) is 25.2 Å². The minimum absolute atomic E-state index is 0.218. The Hall–Kier alpha value is -7.23. The van der Waals surface area contributed by atoms with E-state index >= 15 is 0 Å². The first-order valence-corrected chi connectivity index (χ1v) is 26.3. The van der Waals surface area contributed by atoms with Gasteiger partial charge < -0.3 is 39.2 Å². The van der Waals surface area contributed by atoms with E-state index in [4.69, 9.17) is 35.4 Å². The number of halogens is 1. The number of aromatic nitrogens is 8. The summed E-state index contributed by atoms with van der Waals surface area (Å²) in [7, 11) is -0.387. The summed E-state index contributed by atoms with van der Waals surface area (Å²) in [5, 5.41) is 14.3. The Kier molecular flexibility index (Phi) is 17.2. The van der Waals surface area contributed by atoms with Gasteiger partial charge >= 0.3 is 19.3 Å². The van der Waals surface area contributed by atoms with Crippen LogP contribution in [0.15, 0.2) is 60.7 Å². The molecule has 20 nitrogen and oxygen atoms in total. The smallest absolute Gasteiger partial charge is 0.444 e. The van der Waals surface area contributed by atoms with Crippen LogP contribution in [-0.2, 0) is 54.3 Å². The number of ether oxygens (including phenoxy) is 2. The second-order valence-electron chi connectivity index (χ2n) is 22.8. The number of anilines is 2. The summed E-state index contributed by atoms with van der Waals surface area (Å²) in [6.07, 6.45) is 1.01. The van der Waals surface area contributed by atoms with Crippen molar-refractivity contribution in [1.29, 1.82) is 0 Å². The fraction of sp³-hybridized carbons (Fsp3) is 0.464. The van der Waals surface area contributed by atoms with Crippen LogP contribution in [0.3, 0.4) is 0 Å². The van der Waals surface area contributed by atoms with Crippen molar-refractivity contribution in [3.63, 3.8) is 0 Å². The van der Waals surface area contributed by atoms with Gasteiger partial charge in [0.15, 0.2) is 0 Å². The molecular weight excluding hydrogens is 1010 g/mol. The number of benzene rings is 2. The van der Waals surface area contributed by atoms with E-state index in [1.807, 2.05) is 93.5 Å². The maximum absolute atomic E-state index is 12.6. The van der Waals surface area contributed by atoms with Crippen LogP contribution >= 0.6 is 11.6 Å². The quantitative estimate of drug-likeness (QED) is 0.117. The molecular formula is C56H72BClN12O8. The number of hydrogen-bond acceptors (Lipinski definition) is 14. The van der Waals surface area contributed by atoms with E-state index in [1.165, 1.54) is 31.0 Å². The number of fused-ring (bicyclic) bond motifs is 2. The number of hydrogen-bond donors (Lipinski definition) is 2. The summed E-state index contributed by atoms with van der Waals surface area (Å²) < 4.78 is 26.6. The zero-order valence-corrected chi connectivity index (χ0v) is 48.5. The summed E-state index contributed by atoms with van der Waals surface area (Å²) in [6.45, 7) is 32.2. The highest BCUT2D eigenvalue weighted by Gasteiger charge is 2.52. The average Bonchev–Trinajstić information content (AvgIpc) is 3.96. The van der Waals surface area contributed by atoms with Gasteiger partial charge in [-0.15, -0.1) is 0 Å². The second kappa shape index (κ2) is 23.0. The Bertz CT molecular complexity index is 3220. The molecule has 22 heteroatoms. The minimum atomic E-state index is -0.542. The second-order valence-corrected chi connectivity index (χ2v) is 23.1. The van der Waals surface area contributed by atoms with E-state index in [9.17, 15) is 19.2 Å². The molecule has 1 saturated heterocycles. The van der Waals surface area contributed by atoms with Gasteiger partial charge in [-0.1, -0.05) is 41.9 Å². The van der Waals surface area contributed by atoms with Crippen LogP contribution in [0.2, 0.25) is 5.15 Å². The number of aryl methyl sites for hydroxylation is 4. The molecule has 78 heavy (non-hydrogen) atoms. The number of carbonyl (C=O) groups excluding carboxylic acids is 4. The van der Waals surface area contributed by atoms with Crippen molar-refractivity contribution in [1.82, 2.24) is 49.3 Å². The molecule has 0 unspecified atom stereocenters. The number of nitrogens with zero attached hydrogens (tertiary/aromatic N) is 10. The molecule has 6 aromatic rings. The molecule has 4 aromatic heterocycles. The van der Waals surface area contributed by atoms with Gasteiger partial charge in [0.1, 0.15) is 28.0 Å². The van der Waals surface area contributed by atoms with Crippen molar-refractivity contribution in [2.24, 2.45) is 0 Å². The fourth-order valence-corrected chi connectivity index (χ4v) is 8.89. The van der Waals surface area contributed by atoms with Crippen molar-refractivity contribution < 1.29 is 38.0 Å². The summed E-state index contributed by atoms with van der Waals surface area (Å²) in [5.41, 5.74) is 8.88. The van der Waals surface area contributed by atoms with Gasteiger partial charge in [-0.2, -0.15) is 25.1 Å². The maximum Gasteiger partial charge on any atom is 0.494 e. The molecule has 0 spiro atoms. The molecule has 2 aromatic carbocycles. The van der Waals surface area contributed by atoms with Crippen molar-refractivity contribution in [3.05, 3.63) is 111 Å². The van der Waals surface area contributed by atoms with Crippen LogP contribution in [0.25, 0.3) is 23.2 Å². The largest absolute Gasteiger partial charge is 0.494 e. The minimum Gasteiger partial charge on any atom is -0.444 e. The average molecular weight is 1090 g/mol. The SMILES string of the molecule is CC(=O)Nc1cc(-c2ccc3c(c2)CN(C(=O)OC(C)(C)C)CC3)nc(-n2nc(C)cc2C)n1.CC(=O)Nc1cc(Cl)nc(-n2nc(C)cc2C)n1.CC(C)(C)OC(=O)N1CCc2ccc(B3OC(C)(C)C(C)(C)O3)cc2C1. The molecule has 9 rings (SSSR count). The summed E-state index contributed by atoms with van der Waals surface area (Å²) >= 11 is 5.90. The Morgan fingerprint density at radius 3 is 1.50 bits per heavy atom. The Morgan fingerprint density at radius 1 is 0.603 bits per heavy atom. The molecule has 0 radical (unpaired) electrons. The van der Waals surface area contributed by atoms with Gasteiger partial charge in [0.2, 0.25) is 11.8 Å². The zero-order valence-electron chi connectivity index (χ0n) is 47.7. The monoisotopic (exact) mass is 1090 g/mol. The first-order chi connectivity index (χ1) is 36.3. The summed E-state index contributed by atoms with van der Waals surface area (Å²) in [6, 6.07) is 19.5. The van der Waals surface area contributed by atoms with Crippen LogP contribution in [-0.4, -0.2) is 116 Å². The maximum atomic E-state index is 12.6. The van der Waals surface area contributed by atoms with E-state index in [-0.39, 0.29) is 47.5 Å². The molecule has 0 aliphatic carbocycles. The summed E-state index contributed by atoms with van der Waals surface area (Å²) in [4.78, 5) is 68.7. The van der Waals surface area contributed by atoms with Crippen LogP contribution in [0.1, 0.15) is 128 Å². The molecule has 3 aliphatic rings. The topological polar surface area (TPSA) is 223 Å². The molecule has 414 valence electrons. The number of carbonyl (C=O) groups is 4. The van der Waals surface area contributed by atoms with Crippen LogP contribution in [0.4, 0.5) is 21.2 Å². The van der Waals surface area contributed by atoms with Gasteiger partial charge in [0.05, 0.1) is 28.3 Å². The molecule has 0 atom stereocenters. The molecule has 1 fully saturated rings. The number of nitrogens with one attached hydrogen (secondary N) is 2. The lowest BCUT2D eigenvalue weighted by Gasteiger charge is -2.32. The van der Waals surface area contributed by atoms with Crippen LogP contribution in [0, 0.1) is 27.7 Å². The van der Waals surface area contributed by atoms with Crippen molar-refractivity contribution in [2.45, 2.75) is 159 Å². The van der Waals surface area contributed by atoms with Gasteiger partial charge in [0, 0.05) is 69.1 Å². The van der Waals surface area contributed by atoms with Crippen LogP contribution < -0.4 is 16.1 Å². The molecule has 0 saturated carbocycles. The molecule has 0 bridgehead atoms. The third-order valence-corrected chi connectivity index (χ3v) is 13.2. The molecule has 2 N–H and O–H groups in total. The van der Waals surface area contributed by atoms with Gasteiger partial charge in [-0.05, 0) is 156 Å². The molecule has 3 aliphatic heterocycles. The van der Waals surface area contributed by atoms with E-state index in [2.05, 4.69) is 87.7 Å². The Labute approximate surface area is 462 Å². The normalized spacial score (nSPS) is 15.4. The Balaban J connectivity index is 0.000000178. The first kappa shape index (κ1) is 58.5. The van der Waals surface area contributed by atoms with E-state index in [0.717, 1.165) is 57.8 Å². The van der Waals surface area contributed by atoms with Crippen molar-refractivity contribution in [2.75, 3.05) is 23.7 Å². The lowest BCUT2D eigenvalue weighted by atomic mass is 9.77.